The molecule has 0 aliphatic carbocycles. The molecule has 0 saturated heterocycles. The summed E-state index contributed by atoms with van der Waals surface area (Å²) in [5.41, 5.74) is 1.88. The number of amides is 2. The SMILES string of the molecule is COc1ccc(/C=C(\NC(=O)c2ccccc2)C(=O)Nc2cccc(SCC(=O)c3ccc(Cl)cc3Cl)c2)cc1OC. The van der Waals surface area contributed by atoms with Gasteiger partial charge in [-0.1, -0.05) is 53.5 Å². The van der Waals surface area contributed by atoms with Crippen molar-refractivity contribution in [3.05, 3.63) is 123 Å². The molecule has 0 saturated carbocycles. The molecule has 0 aliphatic rings. The van der Waals surface area contributed by atoms with Gasteiger partial charge in [0.15, 0.2) is 17.3 Å². The zero-order valence-electron chi connectivity index (χ0n) is 22.7. The predicted molar refractivity (Wildman–Crippen MR) is 168 cm³/mol. The first-order valence-electron chi connectivity index (χ1n) is 12.6. The maximum atomic E-state index is 13.5. The minimum atomic E-state index is -0.541. The van der Waals surface area contributed by atoms with E-state index in [0.717, 1.165) is 4.90 Å². The fraction of sp³-hybridized carbons (Fsp3) is 0.0938. The van der Waals surface area contributed by atoms with E-state index in [1.165, 1.54) is 32.0 Å². The Morgan fingerprint density at radius 2 is 1.60 bits per heavy atom. The molecule has 4 aromatic carbocycles. The second-order valence-corrected chi connectivity index (χ2v) is 10.7. The van der Waals surface area contributed by atoms with Gasteiger partial charge < -0.3 is 20.1 Å². The second kappa shape index (κ2) is 14.6. The highest BCUT2D eigenvalue weighted by molar-refractivity contribution is 8.00. The molecular weight excluding hydrogens is 595 g/mol. The van der Waals surface area contributed by atoms with E-state index >= 15 is 0 Å². The number of thioether (sulfide) groups is 1. The Bertz CT molecular complexity index is 1640. The van der Waals surface area contributed by atoms with Crippen LogP contribution >= 0.6 is 35.0 Å². The van der Waals surface area contributed by atoms with Crippen LogP contribution in [0.1, 0.15) is 26.3 Å². The average molecular weight is 622 g/mol. The van der Waals surface area contributed by atoms with Crippen molar-refractivity contribution in [3.63, 3.8) is 0 Å². The van der Waals surface area contributed by atoms with E-state index in [-0.39, 0.29) is 17.2 Å². The van der Waals surface area contributed by atoms with Gasteiger partial charge in [0.2, 0.25) is 0 Å². The molecule has 2 amide bonds. The number of methoxy groups -OCH3 is 2. The highest BCUT2D eigenvalue weighted by atomic mass is 35.5. The number of carbonyl (C=O) groups excluding carboxylic acids is 3. The zero-order chi connectivity index (χ0) is 30.1. The molecule has 0 heterocycles. The van der Waals surface area contributed by atoms with Crippen LogP contribution in [0.4, 0.5) is 5.69 Å². The number of nitrogens with one attached hydrogen (secondary N) is 2. The van der Waals surface area contributed by atoms with Gasteiger partial charge in [-0.05, 0) is 72.3 Å². The summed E-state index contributed by atoms with van der Waals surface area (Å²) in [7, 11) is 3.04. The first kappa shape index (κ1) is 30.7. The van der Waals surface area contributed by atoms with E-state index in [4.69, 9.17) is 32.7 Å². The molecular formula is C32H26Cl2N2O5S. The third-order valence-electron chi connectivity index (χ3n) is 5.94. The highest BCUT2D eigenvalue weighted by Gasteiger charge is 2.17. The van der Waals surface area contributed by atoms with Crippen LogP contribution in [0.3, 0.4) is 0 Å². The van der Waals surface area contributed by atoms with Gasteiger partial charge in [0.1, 0.15) is 5.70 Å². The minimum Gasteiger partial charge on any atom is -0.493 e. The smallest absolute Gasteiger partial charge is 0.272 e. The van der Waals surface area contributed by atoms with Gasteiger partial charge >= 0.3 is 0 Å². The molecule has 2 N–H and O–H groups in total. The first-order chi connectivity index (χ1) is 20.3. The summed E-state index contributed by atoms with van der Waals surface area (Å²) in [5.74, 6) is -0.00278. The molecule has 0 bridgehead atoms. The number of halogens is 2. The average Bonchev–Trinajstić information content (AvgIpc) is 3.00. The molecule has 0 aliphatic heterocycles. The van der Waals surface area contributed by atoms with Crippen LogP contribution in [0.25, 0.3) is 6.08 Å². The van der Waals surface area contributed by atoms with Gasteiger partial charge in [0.05, 0.1) is 25.0 Å². The van der Waals surface area contributed by atoms with Crippen LogP contribution in [-0.4, -0.2) is 37.6 Å². The molecule has 0 atom stereocenters. The van der Waals surface area contributed by atoms with Gasteiger partial charge in [0, 0.05) is 26.7 Å². The van der Waals surface area contributed by atoms with Crippen LogP contribution in [-0.2, 0) is 4.79 Å². The van der Waals surface area contributed by atoms with Crippen molar-refractivity contribution >= 4 is 64.3 Å². The summed E-state index contributed by atoms with van der Waals surface area (Å²) in [6, 6.07) is 25.5. The van der Waals surface area contributed by atoms with Crippen LogP contribution < -0.4 is 20.1 Å². The van der Waals surface area contributed by atoms with E-state index < -0.39 is 11.8 Å². The summed E-state index contributed by atoms with van der Waals surface area (Å²) in [6.07, 6.45) is 1.55. The van der Waals surface area contributed by atoms with E-state index in [1.54, 1.807) is 84.9 Å². The van der Waals surface area contributed by atoms with Gasteiger partial charge in [-0.15, -0.1) is 11.8 Å². The fourth-order valence-electron chi connectivity index (χ4n) is 3.86. The Morgan fingerprint density at radius 1 is 0.833 bits per heavy atom. The number of ether oxygens (including phenoxy) is 2. The number of Topliss-reactive ketones (excluding diaryl/α,β-unsaturated/α-hetero) is 1. The van der Waals surface area contributed by atoms with Crippen LogP contribution in [0.5, 0.6) is 11.5 Å². The first-order valence-corrected chi connectivity index (χ1v) is 14.3. The number of ketones is 1. The summed E-state index contributed by atoms with van der Waals surface area (Å²) < 4.78 is 10.7. The fourth-order valence-corrected chi connectivity index (χ4v) is 5.21. The lowest BCUT2D eigenvalue weighted by Gasteiger charge is -2.13. The Kier molecular flexibility index (Phi) is 10.7. The van der Waals surface area contributed by atoms with E-state index in [9.17, 15) is 14.4 Å². The van der Waals surface area contributed by atoms with Gasteiger partial charge in [-0.25, -0.2) is 0 Å². The zero-order valence-corrected chi connectivity index (χ0v) is 25.0. The van der Waals surface area contributed by atoms with Crippen molar-refractivity contribution < 1.29 is 23.9 Å². The number of anilines is 1. The number of hydrogen-bond donors (Lipinski definition) is 2. The predicted octanol–water partition coefficient (Wildman–Crippen LogP) is 7.40. The van der Waals surface area contributed by atoms with Gasteiger partial charge in [-0.3, -0.25) is 14.4 Å². The van der Waals surface area contributed by atoms with Crippen molar-refractivity contribution in [2.75, 3.05) is 25.3 Å². The van der Waals surface area contributed by atoms with Crippen LogP contribution in [0, 0.1) is 0 Å². The Balaban J connectivity index is 1.53. The Labute approximate surface area is 257 Å². The number of rotatable bonds is 11. The monoisotopic (exact) mass is 620 g/mol. The Morgan fingerprint density at radius 3 is 2.31 bits per heavy atom. The number of carbonyl (C=O) groups is 3. The highest BCUT2D eigenvalue weighted by Crippen LogP contribution is 2.29. The third-order valence-corrected chi connectivity index (χ3v) is 7.48. The molecule has 0 unspecified atom stereocenters. The summed E-state index contributed by atoms with van der Waals surface area (Å²) in [6.45, 7) is 0. The number of hydrogen-bond acceptors (Lipinski definition) is 6. The quantitative estimate of drug-likeness (QED) is 0.103. The third kappa shape index (κ3) is 8.16. The van der Waals surface area contributed by atoms with E-state index in [0.29, 0.717) is 43.9 Å². The lowest BCUT2D eigenvalue weighted by Crippen LogP contribution is -2.30. The van der Waals surface area contributed by atoms with Crippen molar-refractivity contribution in [1.29, 1.82) is 0 Å². The van der Waals surface area contributed by atoms with Crippen molar-refractivity contribution in [3.8, 4) is 11.5 Å². The molecule has 0 fully saturated rings. The molecule has 10 heteroatoms. The minimum absolute atomic E-state index is 0.0155. The number of benzene rings is 4. The maximum absolute atomic E-state index is 13.5. The maximum Gasteiger partial charge on any atom is 0.272 e. The van der Waals surface area contributed by atoms with Crippen LogP contribution in [0.15, 0.2) is 102 Å². The topological polar surface area (TPSA) is 93.7 Å². The lowest BCUT2D eigenvalue weighted by atomic mass is 10.1. The molecule has 0 aromatic heterocycles. The lowest BCUT2D eigenvalue weighted by molar-refractivity contribution is -0.113. The summed E-state index contributed by atoms with van der Waals surface area (Å²) in [5, 5.41) is 6.29. The van der Waals surface area contributed by atoms with Gasteiger partial charge in [-0.2, -0.15) is 0 Å². The molecule has 7 nitrogen and oxygen atoms in total. The normalized spacial score (nSPS) is 11.0. The molecule has 4 aromatic rings. The van der Waals surface area contributed by atoms with Crippen molar-refractivity contribution in [2.45, 2.75) is 4.90 Å². The molecule has 214 valence electrons. The van der Waals surface area contributed by atoms with Gasteiger partial charge in [0.25, 0.3) is 11.8 Å². The Hall–Kier alpha value is -4.24. The molecule has 4 rings (SSSR count). The molecule has 0 spiro atoms. The van der Waals surface area contributed by atoms with E-state index in [1.807, 2.05) is 6.07 Å². The largest absolute Gasteiger partial charge is 0.493 e. The molecule has 42 heavy (non-hydrogen) atoms. The summed E-state index contributed by atoms with van der Waals surface area (Å²) in [4.78, 5) is 39.9. The second-order valence-electron chi connectivity index (χ2n) is 8.81. The molecule has 0 radical (unpaired) electrons. The van der Waals surface area contributed by atoms with Crippen LogP contribution in [0.2, 0.25) is 10.0 Å². The van der Waals surface area contributed by atoms with Crippen molar-refractivity contribution in [2.24, 2.45) is 0 Å². The summed E-state index contributed by atoms with van der Waals surface area (Å²) >= 11 is 13.4. The standard InChI is InChI=1S/C32H26Cl2N2O5S/c1-40-29-14-11-20(16-30(29)41-2)15-27(36-31(38)21-7-4-3-5-8-21)32(39)35-23-9-6-10-24(18-23)42-19-28(37)25-13-12-22(33)17-26(25)34/h3-18H,19H2,1-2H3,(H,35,39)(H,36,38)/b27-15-. The van der Waals surface area contributed by atoms with Crippen molar-refractivity contribution in [1.82, 2.24) is 5.32 Å². The van der Waals surface area contributed by atoms with E-state index in [2.05, 4.69) is 10.6 Å².